The number of likely N-dealkylation sites (tertiary alicyclic amines) is 1. The molecule has 0 unspecified atom stereocenters. The number of nitrogens with zero attached hydrogens (tertiary/aromatic N) is 3. The first-order chi connectivity index (χ1) is 11.9. The number of carbonyl (C=O) groups excluding carboxylic acids is 3. The van der Waals surface area contributed by atoms with Crippen LogP contribution < -0.4 is 4.90 Å². The van der Waals surface area contributed by atoms with Gasteiger partial charge in [0.2, 0.25) is 5.91 Å². The van der Waals surface area contributed by atoms with Crippen LogP contribution in [0.2, 0.25) is 0 Å². The Labute approximate surface area is 148 Å². The van der Waals surface area contributed by atoms with Crippen LogP contribution in [0.3, 0.4) is 0 Å². The van der Waals surface area contributed by atoms with Gasteiger partial charge in [0.15, 0.2) is 0 Å². The second-order valence-electron chi connectivity index (χ2n) is 7.15. The van der Waals surface area contributed by atoms with Gasteiger partial charge >= 0.3 is 6.03 Å². The molecule has 1 atom stereocenters. The largest absolute Gasteiger partial charge is 0.341 e. The smallest absolute Gasteiger partial charge is 0.332 e. The highest BCUT2D eigenvalue weighted by Gasteiger charge is 2.44. The fourth-order valence-corrected chi connectivity index (χ4v) is 3.40. The molecule has 134 valence electrons. The van der Waals surface area contributed by atoms with Crippen molar-refractivity contribution in [2.45, 2.75) is 39.7 Å². The number of rotatable bonds is 3. The Kier molecular flexibility index (Phi) is 4.79. The van der Waals surface area contributed by atoms with Gasteiger partial charge in [0, 0.05) is 18.8 Å². The zero-order valence-electron chi connectivity index (χ0n) is 15.1. The number of benzene rings is 1. The van der Waals surface area contributed by atoms with Gasteiger partial charge in [-0.25, -0.2) is 4.79 Å². The van der Waals surface area contributed by atoms with Crippen molar-refractivity contribution >= 4 is 23.5 Å². The summed E-state index contributed by atoms with van der Waals surface area (Å²) >= 11 is 0. The van der Waals surface area contributed by atoms with Crippen molar-refractivity contribution in [3.05, 3.63) is 29.8 Å². The Hall–Kier alpha value is -2.37. The maximum absolute atomic E-state index is 12.7. The third-order valence-electron chi connectivity index (χ3n) is 5.19. The molecule has 2 saturated heterocycles. The molecule has 0 radical (unpaired) electrons. The highest BCUT2D eigenvalue weighted by atomic mass is 16.2. The van der Waals surface area contributed by atoms with Crippen LogP contribution in [0.1, 0.15) is 32.3 Å². The first kappa shape index (κ1) is 17.5. The molecule has 2 aliphatic rings. The molecule has 0 aromatic heterocycles. The fourth-order valence-electron chi connectivity index (χ4n) is 3.40. The number of urea groups is 1. The highest BCUT2D eigenvalue weighted by Crippen LogP contribution is 2.26. The van der Waals surface area contributed by atoms with Gasteiger partial charge in [0.1, 0.15) is 12.6 Å². The van der Waals surface area contributed by atoms with Gasteiger partial charge in [0.25, 0.3) is 5.91 Å². The third-order valence-corrected chi connectivity index (χ3v) is 5.19. The SMILES string of the molecule is Cc1ccc(N2C(=O)N(CC(=O)N3CCC(C)CC3)C(=O)[C@@H]2C)cc1. The molecular formula is C19H25N3O3. The summed E-state index contributed by atoms with van der Waals surface area (Å²) < 4.78 is 0. The molecule has 25 heavy (non-hydrogen) atoms. The summed E-state index contributed by atoms with van der Waals surface area (Å²) in [6, 6.07) is 6.46. The van der Waals surface area contributed by atoms with Crippen LogP contribution in [-0.4, -0.2) is 53.3 Å². The average Bonchev–Trinajstić information content (AvgIpc) is 2.80. The molecule has 0 bridgehead atoms. The van der Waals surface area contributed by atoms with Gasteiger partial charge in [-0.2, -0.15) is 0 Å². The predicted octanol–water partition coefficient (Wildman–Crippen LogP) is 2.41. The first-order valence-corrected chi connectivity index (χ1v) is 8.87. The van der Waals surface area contributed by atoms with Crippen LogP contribution in [0, 0.1) is 12.8 Å². The van der Waals surface area contributed by atoms with E-state index in [2.05, 4.69) is 6.92 Å². The number of aryl methyl sites for hydroxylation is 1. The minimum absolute atomic E-state index is 0.147. The van der Waals surface area contributed by atoms with Crippen molar-refractivity contribution in [3.8, 4) is 0 Å². The zero-order valence-corrected chi connectivity index (χ0v) is 15.1. The first-order valence-electron chi connectivity index (χ1n) is 8.87. The summed E-state index contributed by atoms with van der Waals surface area (Å²) in [4.78, 5) is 42.1. The van der Waals surface area contributed by atoms with E-state index < -0.39 is 12.1 Å². The fraction of sp³-hybridized carbons (Fsp3) is 0.526. The molecule has 0 spiro atoms. The second kappa shape index (κ2) is 6.86. The molecule has 2 fully saturated rings. The Bertz CT molecular complexity index is 678. The number of anilines is 1. The van der Waals surface area contributed by atoms with Gasteiger partial charge in [-0.05, 0) is 44.7 Å². The molecule has 3 rings (SSSR count). The lowest BCUT2D eigenvalue weighted by Crippen LogP contribution is -2.46. The Morgan fingerprint density at radius 1 is 1.08 bits per heavy atom. The van der Waals surface area contributed by atoms with Crippen molar-refractivity contribution in [2.24, 2.45) is 5.92 Å². The molecule has 0 aliphatic carbocycles. The maximum atomic E-state index is 12.7. The van der Waals surface area contributed by atoms with E-state index in [1.807, 2.05) is 31.2 Å². The summed E-state index contributed by atoms with van der Waals surface area (Å²) in [5.74, 6) is 0.159. The summed E-state index contributed by atoms with van der Waals surface area (Å²) in [7, 11) is 0. The Morgan fingerprint density at radius 2 is 1.68 bits per heavy atom. The summed E-state index contributed by atoms with van der Waals surface area (Å²) in [5.41, 5.74) is 1.76. The highest BCUT2D eigenvalue weighted by molar-refractivity contribution is 6.15. The van der Waals surface area contributed by atoms with E-state index in [-0.39, 0.29) is 18.4 Å². The van der Waals surface area contributed by atoms with E-state index in [1.54, 1.807) is 11.8 Å². The minimum Gasteiger partial charge on any atom is -0.341 e. The van der Waals surface area contributed by atoms with Gasteiger partial charge in [-0.1, -0.05) is 24.6 Å². The van der Waals surface area contributed by atoms with Crippen molar-refractivity contribution in [1.82, 2.24) is 9.80 Å². The van der Waals surface area contributed by atoms with Crippen molar-refractivity contribution in [3.63, 3.8) is 0 Å². The third kappa shape index (κ3) is 3.38. The summed E-state index contributed by atoms with van der Waals surface area (Å²) in [6.07, 6.45) is 1.94. The van der Waals surface area contributed by atoms with Crippen LogP contribution in [0.15, 0.2) is 24.3 Å². The number of hydrogen-bond acceptors (Lipinski definition) is 3. The average molecular weight is 343 g/mol. The Balaban J connectivity index is 1.72. The van der Waals surface area contributed by atoms with E-state index in [0.717, 1.165) is 23.3 Å². The summed E-state index contributed by atoms with van der Waals surface area (Å²) in [6.45, 7) is 7.08. The number of imide groups is 1. The number of carbonyl (C=O) groups is 3. The van der Waals surface area contributed by atoms with Crippen LogP contribution in [-0.2, 0) is 9.59 Å². The lowest BCUT2D eigenvalue weighted by Gasteiger charge is -2.31. The normalized spacial score (nSPS) is 22.0. The van der Waals surface area contributed by atoms with Crippen molar-refractivity contribution in [1.29, 1.82) is 0 Å². The lowest BCUT2D eigenvalue weighted by atomic mass is 9.99. The molecule has 6 nitrogen and oxygen atoms in total. The van der Waals surface area contributed by atoms with E-state index in [9.17, 15) is 14.4 Å². The quantitative estimate of drug-likeness (QED) is 0.792. The van der Waals surface area contributed by atoms with E-state index in [1.165, 1.54) is 4.90 Å². The van der Waals surface area contributed by atoms with E-state index >= 15 is 0 Å². The molecular weight excluding hydrogens is 318 g/mol. The standard InChI is InChI=1S/C19H25N3O3/c1-13-4-6-16(7-5-13)22-15(3)18(24)21(19(22)25)12-17(23)20-10-8-14(2)9-11-20/h4-7,14-15H,8-12H2,1-3H3/t15-/m0/s1. The topological polar surface area (TPSA) is 60.9 Å². The molecule has 2 aliphatic heterocycles. The van der Waals surface area contributed by atoms with Crippen LogP contribution in [0.4, 0.5) is 10.5 Å². The van der Waals surface area contributed by atoms with Gasteiger partial charge < -0.3 is 4.90 Å². The summed E-state index contributed by atoms with van der Waals surface area (Å²) in [5, 5.41) is 0. The van der Waals surface area contributed by atoms with Crippen molar-refractivity contribution < 1.29 is 14.4 Å². The molecule has 6 heteroatoms. The van der Waals surface area contributed by atoms with Crippen LogP contribution >= 0.6 is 0 Å². The van der Waals surface area contributed by atoms with Gasteiger partial charge in [-0.15, -0.1) is 0 Å². The Morgan fingerprint density at radius 3 is 2.28 bits per heavy atom. The van der Waals surface area contributed by atoms with E-state index in [4.69, 9.17) is 0 Å². The monoisotopic (exact) mass is 343 g/mol. The molecule has 1 aromatic carbocycles. The zero-order chi connectivity index (χ0) is 18.1. The van der Waals surface area contributed by atoms with E-state index in [0.29, 0.717) is 24.7 Å². The maximum Gasteiger partial charge on any atom is 0.332 e. The van der Waals surface area contributed by atoms with Crippen LogP contribution in [0.5, 0.6) is 0 Å². The van der Waals surface area contributed by atoms with Crippen molar-refractivity contribution in [2.75, 3.05) is 24.5 Å². The molecule has 4 amide bonds. The molecule has 1 aromatic rings. The number of amides is 4. The minimum atomic E-state index is -0.593. The van der Waals surface area contributed by atoms with Crippen LogP contribution in [0.25, 0.3) is 0 Å². The number of piperidine rings is 1. The van der Waals surface area contributed by atoms with Gasteiger partial charge in [-0.3, -0.25) is 19.4 Å². The van der Waals surface area contributed by atoms with Gasteiger partial charge in [0.05, 0.1) is 0 Å². The second-order valence-corrected chi connectivity index (χ2v) is 7.15. The molecule has 0 N–H and O–H groups in total. The number of hydrogen-bond donors (Lipinski definition) is 0. The molecule has 2 heterocycles. The molecule has 0 saturated carbocycles. The predicted molar refractivity (Wildman–Crippen MR) is 95.2 cm³/mol. The lowest BCUT2D eigenvalue weighted by molar-refractivity contribution is -0.138.